The van der Waals surface area contributed by atoms with Crippen LogP contribution in [0.1, 0.15) is 29.6 Å². The van der Waals surface area contributed by atoms with Gasteiger partial charge in [0.1, 0.15) is 23.7 Å². The Morgan fingerprint density at radius 2 is 1.72 bits per heavy atom. The van der Waals surface area contributed by atoms with Crippen molar-refractivity contribution in [3.63, 3.8) is 0 Å². The van der Waals surface area contributed by atoms with Crippen LogP contribution in [0.2, 0.25) is 10.0 Å². The van der Waals surface area contributed by atoms with Crippen molar-refractivity contribution in [2.24, 2.45) is 5.73 Å². The summed E-state index contributed by atoms with van der Waals surface area (Å²) in [7, 11) is 0. The van der Waals surface area contributed by atoms with Gasteiger partial charge in [0, 0.05) is 11.6 Å². The molecule has 1 aromatic rings. The van der Waals surface area contributed by atoms with Gasteiger partial charge in [-0.25, -0.2) is 4.79 Å². The lowest BCUT2D eigenvalue weighted by atomic mass is 9.86. The number of nitrogens with one attached hydrogen (secondary N) is 2. The van der Waals surface area contributed by atoms with Crippen molar-refractivity contribution in [3.05, 3.63) is 27.7 Å². The van der Waals surface area contributed by atoms with Crippen molar-refractivity contribution < 1.29 is 44.7 Å². The molecule has 0 radical (unpaired) electrons. The molecule has 1 aliphatic rings. The van der Waals surface area contributed by atoms with Crippen LogP contribution in [0.25, 0.3) is 0 Å². The number of nitrogens with two attached hydrogens (primary N) is 1. The number of amides is 1. The first-order valence-electron chi connectivity index (χ1n) is 9.19. The van der Waals surface area contributed by atoms with Gasteiger partial charge in [0.25, 0.3) is 5.91 Å². The van der Waals surface area contributed by atoms with Gasteiger partial charge in [-0.1, -0.05) is 23.2 Å². The van der Waals surface area contributed by atoms with Crippen LogP contribution in [0.15, 0.2) is 12.1 Å². The maximum atomic E-state index is 12.4. The molecule has 0 saturated carbocycles. The van der Waals surface area contributed by atoms with Gasteiger partial charge >= 0.3 is 17.9 Å². The third-order valence-electron chi connectivity index (χ3n) is 5.26. The summed E-state index contributed by atoms with van der Waals surface area (Å²) in [5.74, 6) is -5.89. The van der Waals surface area contributed by atoms with E-state index in [4.69, 9.17) is 34.0 Å². The Morgan fingerprint density at radius 1 is 1.16 bits per heavy atom. The van der Waals surface area contributed by atoms with E-state index in [1.165, 1.54) is 0 Å². The second-order valence-electron chi connectivity index (χ2n) is 7.35. The highest BCUT2D eigenvalue weighted by Crippen LogP contribution is 2.33. The highest BCUT2D eigenvalue weighted by atomic mass is 35.5. The molecule has 0 unspecified atom stereocenters. The van der Waals surface area contributed by atoms with Crippen LogP contribution in [0.4, 0.5) is 0 Å². The fourth-order valence-corrected chi connectivity index (χ4v) is 3.99. The van der Waals surface area contributed by atoms with Gasteiger partial charge < -0.3 is 36.6 Å². The van der Waals surface area contributed by atoms with E-state index >= 15 is 0 Å². The number of phenols is 1. The smallest absolute Gasteiger partial charge is 0.326 e. The highest BCUT2D eigenvalue weighted by molar-refractivity contribution is 6.37. The molecule has 1 amide bonds. The van der Waals surface area contributed by atoms with E-state index in [-0.39, 0.29) is 34.9 Å². The van der Waals surface area contributed by atoms with Crippen molar-refractivity contribution in [1.82, 2.24) is 10.6 Å². The molecule has 9 N–H and O–H groups in total. The summed E-state index contributed by atoms with van der Waals surface area (Å²) in [4.78, 5) is 47.0. The van der Waals surface area contributed by atoms with Gasteiger partial charge in [0.15, 0.2) is 5.75 Å². The number of hydrogen-bond acceptors (Lipinski definition) is 8. The number of aliphatic hydroxyl groups excluding tert-OH is 1. The normalized spacial score (nSPS) is 23.2. The summed E-state index contributed by atoms with van der Waals surface area (Å²) < 4.78 is 0. The van der Waals surface area contributed by atoms with Gasteiger partial charge in [0.2, 0.25) is 0 Å². The summed E-state index contributed by atoms with van der Waals surface area (Å²) in [6.45, 7) is 0. The number of rotatable bonds is 9. The Morgan fingerprint density at radius 3 is 2.19 bits per heavy atom. The number of carbonyl (C=O) groups excluding carboxylic acids is 1. The van der Waals surface area contributed by atoms with E-state index in [0.29, 0.717) is 0 Å². The van der Waals surface area contributed by atoms with E-state index in [9.17, 15) is 39.6 Å². The predicted molar refractivity (Wildman–Crippen MR) is 110 cm³/mol. The molecule has 14 heteroatoms. The summed E-state index contributed by atoms with van der Waals surface area (Å²) in [5, 5.41) is 52.3. The number of halogens is 2. The Bertz CT molecular complexity index is 921. The number of benzene rings is 1. The predicted octanol–water partition coefficient (Wildman–Crippen LogP) is -0.380. The molecule has 176 valence electrons. The number of hydrogen-bond donors (Lipinski definition) is 8. The molecule has 0 aliphatic carbocycles. The average Bonchev–Trinajstić information content (AvgIpc) is 3.15. The molecule has 1 aromatic carbocycles. The molecule has 5 atom stereocenters. The van der Waals surface area contributed by atoms with E-state index in [1.54, 1.807) is 0 Å². The van der Waals surface area contributed by atoms with Gasteiger partial charge in [-0.05, 0) is 31.4 Å². The standard InChI is InChI=1S/C18H21Cl2N3O9/c19-8-3-6(4-9(20)12(8)24)14(26)22-10(15(27)28)5-7-1-2-18(23-7,17(31)32)13(25)11(21)16(29)30/h3-4,7,10-11,13,23-25H,1-2,5,21H2,(H,22,26)(H,27,28)(H,29,30)(H,31,32)/t7-,10-,11+,13+,18-/m1/s1. The summed E-state index contributed by atoms with van der Waals surface area (Å²) in [5.41, 5.74) is 3.16. The van der Waals surface area contributed by atoms with Crippen molar-refractivity contribution in [3.8, 4) is 5.75 Å². The number of phenolic OH excluding ortho intramolecular Hbond substituents is 1. The zero-order valence-electron chi connectivity index (χ0n) is 16.3. The van der Waals surface area contributed by atoms with Crippen LogP contribution in [0.3, 0.4) is 0 Å². The molecule has 32 heavy (non-hydrogen) atoms. The van der Waals surface area contributed by atoms with Crippen LogP contribution in [0.5, 0.6) is 5.75 Å². The number of aliphatic hydroxyl groups is 1. The lowest BCUT2D eigenvalue weighted by molar-refractivity contribution is -0.153. The quantitative estimate of drug-likeness (QED) is 0.221. The van der Waals surface area contributed by atoms with Crippen LogP contribution < -0.4 is 16.4 Å². The zero-order chi connectivity index (χ0) is 24.4. The third-order valence-corrected chi connectivity index (χ3v) is 5.84. The summed E-state index contributed by atoms with van der Waals surface area (Å²) in [6, 6.07) is -2.01. The molecular weight excluding hydrogens is 473 g/mol. The molecular formula is C18H21Cl2N3O9. The minimum atomic E-state index is -2.10. The second kappa shape index (κ2) is 9.88. The fourth-order valence-electron chi connectivity index (χ4n) is 3.50. The Balaban J connectivity index is 2.17. The van der Waals surface area contributed by atoms with Crippen LogP contribution >= 0.6 is 23.2 Å². The number of carboxylic acids is 3. The van der Waals surface area contributed by atoms with Crippen LogP contribution in [0, 0.1) is 0 Å². The van der Waals surface area contributed by atoms with E-state index in [0.717, 1.165) is 12.1 Å². The Hall–Kier alpha value is -2.64. The molecule has 0 bridgehead atoms. The topological polar surface area (TPSA) is 220 Å². The lowest BCUT2D eigenvalue weighted by Gasteiger charge is -2.33. The van der Waals surface area contributed by atoms with Gasteiger partial charge in [-0.15, -0.1) is 0 Å². The summed E-state index contributed by atoms with van der Waals surface area (Å²) >= 11 is 11.5. The maximum absolute atomic E-state index is 12.4. The Kier molecular flexibility index (Phi) is 7.91. The Labute approximate surface area is 190 Å². The first-order chi connectivity index (χ1) is 14.8. The monoisotopic (exact) mass is 493 g/mol. The van der Waals surface area contributed by atoms with Crippen molar-refractivity contribution in [1.29, 1.82) is 0 Å². The zero-order valence-corrected chi connectivity index (χ0v) is 17.8. The molecule has 2 rings (SSSR count). The van der Waals surface area contributed by atoms with Gasteiger partial charge in [0.05, 0.1) is 10.0 Å². The molecule has 1 fully saturated rings. The molecule has 0 aromatic heterocycles. The lowest BCUT2D eigenvalue weighted by Crippen LogP contribution is -2.65. The number of carbonyl (C=O) groups is 4. The molecule has 1 saturated heterocycles. The van der Waals surface area contributed by atoms with Crippen molar-refractivity contribution in [2.75, 3.05) is 0 Å². The second-order valence-corrected chi connectivity index (χ2v) is 8.17. The van der Waals surface area contributed by atoms with E-state index in [2.05, 4.69) is 10.6 Å². The first kappa shape index (κ1) is 25.6. The molecule has 1 aliphatic heterocycles. The summed E-state index contributed by atoms with van der Waals surface area (Å²) in [6.07, 6.45) is -2.45. The molecule has 0 spiro atoms. The van der Waals surface area contributed by atoms with E-state index in [1.807, 2.05) is 0 Å². The third kappa shape index (κ3) is 5.22. The maximum Gasteiger partial charge on any atom is 0.326 e. The van der Waals surface area contributed by atoms with E-state index < -0.39 is 59.3 Å². The number of aliphatic carboxylic acids is 3. The number of carboxylic acid groups (broad SMARTS) is 3. The minimum absolute atomic E-state index is 0.0617. The average molecular weight is 494 g/mol. The van der Waals surface area contributed by atoms with Crippen LogP contribution in [-0.4, -0.2) is 79.1 Å². The van der Waals surface area contributed by atoms with Gasteiger partial charge in [-0.3, -0.25) is 19.7 Å². The molecule has 1 heterocycles. The van der Waals surface area contributed by atoms with Gasteiger partial charge in [-0.2, -0.15) is 0 Å². The number of aromatic hydroxyl groups is 1. The minimum Gasteiger partial charge on any atom is -0.505 e. The largest absolute Gasteiger partial charge is 0.505 e. The van der Waals surface area contributed by atoms with Crippen molar-refractivity contribution in [2.45, 2.75) is 49.0 Å². The van der Waals surface area contributed by atoms with Crippen LogP contribution in [-0.2, 0) is 14.4 Å². The molecule has 12 nitrogen and oxygen atoms in total. The van der Waals surface area contributed by atoms with Crippen molar-refractivity contribution >= 4 is 47.0 Å². The first-order valence-corrected chi connectivity index (χ1v) is 9.95. The SMILES string of the molecule is N[C@H](C(=O)O)[C@H](O)[C@@]1(C(=O)O)CC[C@H](C[C@@H](NC(=O)c2cc(Cl)c(O)c(Cl)c2)C(=O)O)N1. The highest BCUT2D eigenvalue weighted by Gasteiger charge is 2.54. The fraction of sp³-hybridized carbons (Fsp3) is 0.444.